The first kappa shape index (κ1) is 35.6. The molecule has 0 aliphatic carbocycles. The van der Waals surface area contributed by atoms with E-state index in [0.29, 0.717) is 18.2 Å². The van der Waals surface area contributed by atoms with Crippen molar-refractivity contribution in [2.75, 3.05) is 50.8 Å². The van der Waals surface area contributed by atoms with Crippen LogP contribution < -0.4 is 15.0 Å². The Balaban J connectivity index is 0.00000253. The van der Waals surface area contributed by atoms with E-state index in [0.717, 1.165) is 55.5 Å². The molecule has 39 heavy (non-hydrogen) atoms. The van der Waals surface area contributed by atoms with Crippen molar-refractivity contribution in [3.05, 3.63) is 94.0 Å². The van der Waals surface area contributed by atoms with Crippen molar-refractivity contribution in [3.63, 3.8) is 0 Å². The fourth-order valence-corrected chi connectivity index (χ4v) is 4.87. The minimum atomic E-state index is -0.582. The molecule has 0 saturated carbocycles. The molecule has 0 amide bonds. The Bertz CT molecular complexity index is 1100. The molecule has 1 heterocycles. The Labute approximate surface area is 261 Å². The van der Waals surface area contributed by atoms with E-state index < -0.39 is 6.10 Å². The molecule has 1 fully saturated rings. The molecule has 1 saturated heterocycles. The molecule has 5 nitrogen and oxygen atoms in total. The number of nitrogens with zero attached hydrogens (tertiary/aromatic N) is 2. The molecule has 3 aromatic rings. The minimum Gasteiger partial charge on any atom is -0.492 e. The molecular formula is C29H38Cl5N3O2. The lowest BCUT2D eigenvalue weighted by molar-refractivity contribution is 0.170. The number of piperazine rings is 1. The summed E-state index contributed by atoms with van der Waals surface area (Å²) in [4.78, 5) is 4.83. The first-order valence-corrected chi connectivity index (χ1v) is 13.3. The smallest absolute Gasteiger partial charge is 0.119 e. The van der Waals surface area contributed by atoms with Gasteiger partial charge in [-0.3, -0.25) is 4.90 Å². The van der Waals surface area contributed by atoms with Crippen LogP contribution in [0.5, 0.6) is 5.75 Å². The summed E-state index contributed by atoms with van der Waals surface area (Å²) < 4.78 is 6.00. The number of ether oxygens (including phenoxy) is 1. The summed E-state index contributed by atoms with van der Waals surface area (Å²) in [5.74, 6) is 0.897. The van der Waals surface area contributed by atoms with Crippen LogP contribution >= 0.6 is 60.4 Å². The summed E-state index contributed by atoms with van der Waals surface area (Å²) in [7, 11) is 0. The van der Waals surface area contributed by atoms with Crippen molar-refractivity contribution in [3.8, 4) is 5.75 Å². The molecule has 216 valence electrons. The van der Waals surface area contributed by atoms with E-state index in [2.05, 4.69) is 40.2 Å². The molecule has 4 rings (SSSR count). The normalized spacial score (nSPS) is 14.8. The summed E-state index contributed by atoms with van der Waals surface area (Å²) in [6, 6.07) is 24.0. The largest absolute Gasteiger partial charge is 0.492 e. The van der Waals surface area contributed by atoms with Crippen molar-refractivity contribution in [1.82, 2.24) is 10.2 Å². The maximum Gasteiger partial charge on any atom is 0.119 e. The highest BCUT2D eigenvalue weighted by atomic mass is 35.5. The number of aliphatic hydroxyl groups excluding tert-OH is 1. The Kier molecular flexibility index (Phi) is 16.5. The maximum atomic E-state index is 10.4. The van der Waals surface area contributed by atoms with Gasteiger partial charge in [0.2, 0.25) is 0 Å². The van der Waals surface area contributed by atoms with Crippen LogP contribution in [-0.2, 0) is 6.42 Å². The van der Waals surface area contributed by atoms with Gasteiger partial charge in [-0.2, -0.15) is 0 Å². The second kappa shape index (κ2) is 18.1. The Morgan fingerprint density at radius 1 is 0.872 bits per heavy atom. The zero-order valence-corrected chi connectivity index (χ0v) is 25.9. The molecule has 0 aromatic heterocycles. The number of rotatable bonds is 11. The summed E-state index contributed by atoms with van der Waals surface area (Å²) in [6.45, 7) is 8.24. The van der Waals surface area contributed by atoms with Crippen molar-refractivity contribution < 1.29 is 9.84 Å². The summed E-state index contributed by atoms with van der Waals surface area (Å²) >= 11 is 12.2. The molecule has 1 aliphatic heterocycles. The van der Waals surface area contributed by atoms with Gasteiger partial charge in [0.05, 0.1) is 6.10 Å². The Morgan fingerprint density at radius 3 is 2.15 bits per heavy atom. The fraction of sp³-hybridized carbons (Fsp3) is 0.379. The molecule has 3 aromatic carbocycles. The lowest BCUT2D eigenvalue weighted by atomic mass is 10.1. The fourth-order valence-electron chi connectivity index (χ4n) is 4.49. The monoisotopic (exact) mass is 635 g/mol. The van der Waals surface area contributed by atoms with E-state index in [4.69, 9.17) is 27.9 Å². The topological polar surface area (TPSA) is 48.0 Å². The van der Waals surface area contributed by atoms with Gasteiger partial charge in [-0.25, -0.2) is 0 Å². The van der Waals surface area contributed by atoms with E-state index in [1.807, 2.05) is 48.5 Å². The van der Waals surface area contributed by atoms with E-state index in [1.54, 1.807) is 6.07 Å². The third-order valence-corrected chi connectivity index (χ3v) is 7.05. The SMILES string of the molecule is CC(Cc1ccc(OCCN2CCN(c3cccc(Cl)c3)CC2)cc1)NCC(O)c1cccc(Cl)c1.Cl.Cl.Cl. The van der Waals surface area contributed by atoms with Crippen LogP contribution in [-0.4, -0.2) is 61.9 Å². The van der Waals surface area contributed by atoms with E-state index >= 15 is 0 Å². The second-order valence-corrected chi connectivity index (χ2v) is 10.3. The van der Waals surface area contributed by atoms with Crippen LogP contribution in [0, 0.1) is 0 Å². The summed E-state index contributed by atoms with van der Waals surface area (Å²) in [5.41, 5.74) is 3.25. The Hall–Kier alpha value is -1.41. The number of anilines is 1. The maximum absolute atomic E-state index is 10.4. The van der Waals surface area contributed by atoms with E-state index in [-0.39, 0.29) is 43.3 Å². The van der Waals surface area contributed by atoms with Gasteiger partial charge in [0, 0.05) is 61.0 Å². The number of benzene rings is 3. The molecule has 10 heteroatoms. The average molecular weight is 638 g/mol. The van der Waals surface area contributed by atoms with Gasteiger partial charge in [-0.05, 0) is 66.9 Å². The van der Waals surface area contributed by atoms with Gasteiger partial charge >= 0.3 is 0 Å². The number of halogens is 5. The number of nitrogens with one attached hydrogen (secondary N) is 1. The van der Waals surface area contributed by atoms with Crippen molar-refractivity contribution in [2.24, 2.45) is 0 Å². The number of aliphatic hydroxyl groups is 1. The summed E-state index contributed by atoms with van der Waals surface area (Å²) in [6.07, 6.45) is 0.293. The first-order valence-electron chi connectivity index (χ1n) is 12.6. The van der Waals surface area contributed by atoms with Gasteiger partial charge < -0.3 is 20.1 Å². The predicted molar refractivity (Wildman–Crippen MR) is 171 cm³/mol. The zero-order valence-electron chi connectivity index (χ0n) is 22.0. The molecule has 0 spiro atoms. The summed E-state index contributed by atoms with van der Waals surface area (Å²) in [5, 5.41) is 15.2. The zero-order chi connectivity index (χ0) is 25.3. The van der Waals surface area contributed by atoms with Crippen molar-refractivity contribution >= 4 is 66.1 Å². The third-order valence-electron chi connectivity index (χ3n) is 6.58. The van der Waals surface area contributed by atoms with Crippen molar-refractivity contribution in [1.29, 1.82) is 0 Å². The van der Waals surface area contributed by atoms with Gasteiger partial charge in [0.15, 0.2) is 0 Å². The quantitative estimate of drug-likeness (QED) is 0.245. The highest BCUT2D eigenvalue weighted by molar-refractivity contribution is 6.31. The lowest BCUT2D eigenvalue weighted by Gasteiger charge is -2.36. The van der Waals surface area contributed by atoms with Gasteiger partial charge in [-0.15, -0.1) is 37.2 Å². The molecule has 0 bridgehead atoms. The van der Waals surface area contributed by atoms with Crippen LogP contribution in [0.15, 0.2) is 72.8 Å². The standard InChI is InChI=1S/C29H35Cl2N3O2.3ClH/c1-22(32-21-29(35)24-4-2-5-25(30)19-24)18-23-8-10-28(11-9-23)36-17-16-33-12-14-34(15-13-33)27-7-3-6-26(31)20-27;;;/h2-11,19-20,22,29,32,35H,12-18,21H2,1H3;3*1H. The Morgan fingerprint density at radius 2 is 1.51 bits per heavy atom. The highest BCUT2D eigenvalue weighted by Gasteiger charge is 2.17. The molecule has 1 aliphatic rings. The lowest BCUT2D eigenvalue weighted by Crippen LogP contribution is -2.47. The number of hydrogen-bond donors (Lipinski definition) is 2. The van der Waals surface area contributed by atoms with E-state index in [9.17, 15) is 5.11 Å². The van der Waals surface area contributed by atoms with Gasteiger partial charge in [-0.1, -0.05) is 53.5 Å². The van der Waals surface area contributed by atoms with Crippen LogP contribution in [0.25, 0.3) is 0 Å². The van der Waals surface area contributed by atoms with Gasteiger partial charge in [0.25, 0.3) is 0 Å². The average Bonchev–Trinajstić information content (AvgIpc) is 2.89. The van der Waals surface area contributed by atoms with Gasteiger partial charge in [0.1, 0.15) is 12.4 Å². The van der Waals surface area contributed by atoms with Crippen LogP contribution in [0.1, 0.15) is 24.2 Å². The minimum absolute atomic E-state index is 0. The second-order valence-electron chi connectivity index (χ2n) is 9.39. The predicted octanol–water partition coefficient (Wildman–Crippen LogP) is 6.71. The molecule has 2 unspecified atom stereocenters. The molecular weight excluding hydrogens is 600 g/mol. The third kappa shape index (κ3) is 11.5. The highest BCUT2D eigenvalue weighted by Crippen LogP contribution is 2.21. The number of hydrogen-bond acceptors (Lipinski definition) is 5. The van der Waals surface area contributed by atoms with E-state index in [1.165, 1.54) is 11.3 Å². The van der Waals surface area contributed by atoms with Crippen LogP contribution in [0.2, 0.25) is 10.0 Å². The van der Waals surface area contributed by atoms with Crippen LogP contribution in [0.4, 0.5) is 5.69 Å². The molecule has 2 N–H and O–H groups in total. The molecule has 2 atom stereocenters. The van der Waals surface area contributed by atoms with Crippen LogP contribution in [0.3, 0.4) is 0 Å². The van der Waals surface area contributed by atoms with Crippen molar-refractivity contribution in [2.45, 2.75) is 25.5 Å². The molecule has 0 radical (unpaired) electrons. The first-order chi connectivity index (χ1) is 17.5.